The molecule has 0 heterocycles. The van der Waals surface area contributed by atoms with Gasteiger partial charge in [-0.05, 0) is 18.2 Å². The molecule has 0 spiro atoms. The Morgan fingerprint density at radius 2 is 2.29 bits per heavy atom. The molecule has 72 valence electrons. The van der Waals surface area contributed by atoms with Gasteiger partial charge in [-0.1, -0.05) is 0 Å². The minimum Gasteiger partial charge on any atom is -0.341 e. The molecule has 2 N–H and O–H groups in total. The first-order valence-corrected chi connectivity index (χ1v) is 3.85. The molecule has 5 heteroatoms. The molecular formula is C9H8FN3O. The van der Waals surface area contributed by atoms with Crippen molar-refractivity contribution in [2.75, 3.05) is 12.4 Å². The van der Waals surface area contributed by atoms with Crippen LogP contribution in [0.5, 0.6) is 0 Å². The Morgan fingerprint density at radius 1 is 1.57 bits per heavy atom. The maximum Gasteiger partial charge on any atom is 0.318 e. The number of halogens is 1. The minimum atomic E-state index is -0.651. The molecule has 0 atom stereocenters. The first kappa shape index (κ1) is 9.99. The summed E-state index contributed by atoms with van der Waals surface area (Å²) >= 11 is 0. The predicted octanol–water partition coefficient (Wildman–Crippen LogP) is 1.45. The van der Waals surface area contributed by atoms with Crippen LogP contribution in [-0.2, 0) is 0 Å². The summed E-state index contributed by atoms with van der Waals surface area (Å²) in [6, 6.07) is 5.10. The van der Waals surface area contributed by atoms with Gasteiger partial charge in [-0.2, -0.15) is 5.26 Å². The van der Waals surface area contributed by atoms with Crippen molar-refractivity contribution in [1.82, 2.24) is 5.32 Å². The van der Waals surface area contributed by atoms with Crippen molar-refractivity contribution in [1.29, 1.82) is 5.26 Å². The van der Waals surface area contributed by atoms with Crippen molar-refractivity contribution >= 4 is 11.7 Å². The molecule has 1 aromatic rings. The molecule has 0 radical (unpaired) electrons. The fourth-order valence-corrected chi connectivity index (χ4v) is 0.877. The highest BCUT2D eigenvalue weighted by Crippen LogP contribution is 2.13. The fourth-order valence-electron chi connectivity index (χ4n) is 0.877. The van der Waals surface area contributed by atoms with Crippen LogP contribution >= 0.6 is 0 Å². The van der Waals surface area contributed by atoms with Crippen molar-refractivity contribution in [3.05, 3.63) is 29.6 Å². The van der Waals surface area contributed by atoms with Gasteiger partial charge in [0.1, 0.15) is 11.9 Å². The van der Waals surface area contributed by atoms with E-state index in [0.29, 0.717) is 5.69 Å². The predicted molar refractivity (Wildman–Crippen MR) is 49.2 cm³/mol. The summed E-state index contributed by atoms with van der Waals surface area (Å²) < 4.78 is 13.0. The SMILES string of the molecule is CNC(=O)Nc1ccc(C#N)c(F)c1. The number of anilines is 1. The summed E-state index contributed by atoms with van der Waals surface area (Å²) in [4.78, 5) is 10.8. The van der Waals surface area contributed by atoms with Crippen LogP contribution in [0.4, 0.5) is 14.9 Å². The topological polar surface area (TPSA) is 64.9 Å². The molecule has 0 aliphatic rings. The van der Waals surface area contributed by atoms with Gasteiger partial charge >= 0.3 is 6.03 Å². The number of nitrogens with one attached hydrogen (secondary N) is 2. The molecule has 4 nitrogen and oxygen atoms in total. The Labute approximate surface area is 80.3 Å². The lowest BCUT2D eigenvalue weighted by atomic mass is 10.2. The zero-order valence-corrected chi connectivity index (χ0v) is 7.47. The van der Waals surface area contributed by atoms with Gasteiger partial charge in [0.2, 0.25) is 0 Å². The molecular weight excluding hydrogens is 185 g/mol. The molecule has 0 saturated heterocycles. The number of nitriles is 1. The van der Waals surface area contributed by atoms with Crippen molar-refractivity contribution in [3.63, 3.8) is 0 Å². The monoisotopic (exact) mass is 193 g/mol. The van der Waals surface area contributed by atoms with Crippen LogP contribution in [0.1, 0.15) is 5.56 Å². The van der Waals surface area contributed by atoms with E-state index < -0.39 is 11.8 Å². The van der Waals surface area contributed by atoms with Gasteiger partial charge < -0.3 is 10.6 Å². The Hall–Kier alpha value is -2.09. The van der Waals surface area contributed by atoms with Crippen LogP contribution in [0.25, 0.3) is 0 Å². The van der Waals surface area contributed by atoms with Crippen molar-refractivity contribution < 1.29 is 9.18 Å². The second-order valence-electron chi connectivity index (χ2n) is 2.51. The van der Waals surface area contributed by atoms with Crippen LogP contribution < -0.4 is 10.6 Å². The molecule has 14 heavy (non-hydrogen) atoms. The molecule has 0 aliphatic heterocycles. The highest BCUT2D eigenvalue weighted by molar-refractivity contribution is 5.89. The lowest BCUT2D eigenvalue weighted by Crippen LogP contribution is -2.24. The van der Waals surface area contributed by atoms with Crippen molar-refractivity contribution in [2.24, 2.45) is 0 Å². The van der Waals surface area contributed by atoms with Gasteiger partial charge in [-0.25, -0.2) is 9.18 Å². The number of nitrogens with zero attached hydrogens (tertiary/aromatic N) is 1. The molecule has 1 aromatic carbocycles. The highest BCUT2D eigenvalue weighted by Gasteiger charge is 2.04. The van der Waals surface area contributed by atoms with Crippen molar-refractivity contribution in [3.8, 4) is 6.07 Å². The largest absolute Gasteiger partial charge is 0.341 e. The summed E-state index contributed by atoms with van der Waals surface area (Å²) in [7, 11) is 1.45. The standard InChI is InChI=1S/C9H8FN3O/c1-12-9(14)13-7-3-2-6(5-11)8(10)4-7/h2-4H,1H3,(H2,12,13,14). The number of urea groups is 1. The second kappa shape index (κ2) is 4.23. The van der Waals surface area contributed by atoms with Gasteiger partial charge in [0.25, 0.3) is 0 Å². The van der Waals surface area contributed by atoms with E-state index in [1.807, 2.05) is 0 Å². The van der Waals surface area contributed by atoms with Gasteiger partial charge in [-0.15, -0.1) is 0 Å². The molecule has 0 aromatic heterocycles. The van der Waals surface area contributed by atoms with Gasteiger partial charge in [0.15, 0.2) is 0 Å². The van der Waals surface area contributed by atoms with Gasteiger partial charge in [0.05, 0.1) is 5.56 Å². The van der Waals surface area contributed by atoms with E-state index in [4.69, 9.17) is 5.26 Å². The van der Waals surface area contributed by atoms with Crippen LogP contribution in [0.3, 0.4) is 0 Å². The third kappa shape index (κ3) is 2.20. The molecule has 1 rings (SSSR count). The van der Waals surface area contributed by atoms with E-state index in [0.717, 1.165) is 6.07 Å². The second-order valence-corrected chi connectivity index (χ2v) is 2.51. The third-order valence-electron chi connectivity index (χ3n) is 1.57. The summed E-state index contributed by atoms with van der Waals surface area (Å²) in [5.41, 5.74) is 0.258. The lowest BCUT2D eigenvalue weighted by molar-refractivity contribution is 0.254. The normalized spacial score (nSPS) is 8.93. The van der Waals surface area contributed by atoms with E-state index in [2.05, 4.69) is 10.6 Å². The molecule has 0 saturated carbocycles. The lowest BCUT2D eigenvalue weighted by Gasteiger charge is -2.04. The van der Waals surface area contributed by atoms with Crippen LogP contribution in [0.15, 0.2) is 18.2 Å². The smallest absolute Gasteiger partial charge is 0.318 e. The molecule has 0 unspecified atom stereocenters. The molecule has 2 amide bonds. The van der Waals surface area contributed by atoms with E-state index in [1.165, 1.54) is 19.2 Å². The number of rotatable bonds is 1. The van der Waals surface area contributed by atoms with Crippen molar-refractivity contribution in [2.45, 2.75) is 0 Å². The number of benzene rings is 1. The quantitative estimate of drug-likeness (QED) is 0.708. The van der Waals surface area contributed by atoms with Crippen LogP contribution in [0.2, 0.25) is 0 Å². The van der Waals surface area contributed by atoms with Gasteiger partial charge in [0, 0.05) is 12.7 Å². The number of hydrogen-bond acceptors (Lipinski definition) is 2. The molecule has 0 bridgehead atoms. The number of carbonyl (C=O) groups excluding carboxylic acids is 1. The van der Waals surface area contributed by atoms with E-state index in [9.17, 15) is 9.18 Å². The van der Waals surface area contributed by atoms with E-state index >= 15 is 0 Å². The van der Waals surface area contributed by atoms with E-state index in [-0.39, 0.29) is 5.56 Å². The fraction of sp³-hybridized carbons (Fsp3) is 0.111. The van der Waals surface area contributed by atoms with Gasteiger partial charge in [-0.3, -0.25) is 0 Å². The minimum absolute atomic E-state index is 0.0487. The first-order chi connectivity index (χ1) is 6.67. The Bertz CT molecular complexity index is 398. The van der Waals surface area contributed by atoms with Crippen LogP contribution in [0, 0.1) is 17.1 Å². The Balaban J connectivity index is 2.88. The number of hydrogen-bond donors (Lipinski definition) is 2. The average Bonchev–Trinajstić information content (AvgIpc) is 2.18. The van der Waals surface area contributed by atoms with E-state index in [1.54, 1.807) is 6.07 Å². The summed E-state index contributed by atoms with van der Waals surface area (Å²) in [5, 5.41) is 13.2. The zero-order chi connectivity index (χ0) is 10.6. The summed E-state index contributed by atoms with van der Waals surface area (Å²) in [6.45, 7) is 0. The number of amides is 2. The van der Waals surface area contributed by atoms with Crippen LogP contribution in [-0.4, -0.2) is 13.1 Å². The Kier molecular flexibility index (Phi) is 3.02. The zero-order valence-electron chi connectivity index (χ0n) is 7.47. The first-order valence-electron chi connectivity index (χ1n) is 3.85. The maximum atomic E-state index is 13.0. The Morgan fingerprint density at radius 3 is 2.79 bits per heavy atom. The highest BCUT2D eigenvalue weighted by atomic mass is 19.1. The summed E-state index contributed by atoms with van der Waals surface area (Å²) in [6.07, 6.45) is 0. The number of carbonyl (C=O) groups is 1. The maximum absolute atomic E-state index is 13.0. The average molecular weight is 193 g/mol. The third-order valence-corrected chi connectivity index (χ3v) is 1.57. The summed E-state index contributed by atoms with van der Waals surface area (Å²) in [5.74, 6) is -0.651. The molecule has 0 fully saturated rings. The molecule has 0 aliphatic carbocycles.